The van der Waals surface area contributed by atoms with Crippen LogP contribution < -0.4 is 0 Å². The van der Waals surface area contributed by atoms with Crippen LogP contribution in [-0.2, 0) is 11.2 Å². The predicted octanol–water partition coefficient (Wildman–Crippen LogP) is 4.01. The SMILES string of the molecule is CCC#CC(CCc1nc(-c2ccccc2)oc1C)OC. The Bertz CT molecular complexity index is 620. The van der Waals surface area contributed by atoms with Crippen LogP contribution in [0.4, 0.5) is 0 Å². The zero-order valence-corrected chi connectivity index (χ0v) is 12.8. The molecule has 0 saturated carbocycles. The van der Waals surface area contributed by atoms with Crippen molar-refractivity contribution < 1.29 is 9.15 Å². The predicted molar refractivity (Wildman–Crippen MR) is 83.9 cm³/mol. The van der Waals surface area contributed by atoms with Crippen molar-refractivity contribution in [2.75, 3.05) is 7.11 Å². The average Bonchev–Trinajstić information content (AvgIpc) is 2.90. The summed E-state index contributed by atoms with van der Waals surface area (Å²) in [5.74, 6) is 7.72. The molecular formula is C18H21NO2. The number of benzene rings is 1. The first-order valence-corrected chi connectivity index (χ1v) is 7.27. The van der Waals surface area contributed by atoms with Crippen molar-refractivity contribution >= 4 is 0 Å². The maximum absolute atomic E-state index is 5.76. The summed E-state index contributed by atoms with van der Waals surface area (Å²) in [6.45, 7) is 3.99. The van der Waals surface area contributed by atoms with Crippen LogP contribution in [0.3, 0.4) is 0 Å². The molecule has 110 valence electrons. The summed E-state index contributed by atoms with van der Waals surface area (Å²) in [5, 5.41) is 0. The molecule has 0 saturated heterocycles. The number of rotatable bonds is 5. The standard InChI is InChI=1S/C18H21NO2/c1-4-5-11-16(20-3)12-13-17-14(2)21-18(19-17)15-9-7-6-8-10-15/h6-10,16H,4,12-13H2,1-3H3. The number of ether oxygens (including phenoxy) is 1. The number of aryl methyl sites for hydroxylation is 2. The van der Waals surface area contributed by atoms with Gasteiger partial charge in [-0.2, -0.15) is 0 Å². The molecule has 0 amide bonds. The third kappa shape index (κ3) is 4.21. The van der Waals surface area contributed by atoms with E-state index < -0.39 is 0 Å². The van der Waals surface area contributed by atoms with Gasteiger partial charge in [-0.15, -0.1) is 5.92 Å². The maximum atomic E-state index is 5.76. The van der Waals surface area contributed by atoms with Crippen LogP contribution >= 0.6 is 0 Å². The lowest BCUT2D eigenvalue weighted by molar-refractivity contribution is 0.141. The highest BCUT2D eigenvalue weighted by Crippen LogP contribution is 2.22. The molecule has 0 N–H and O–H groups in total. The lowest BCUT2D eigenvalue weighted by atomic mass is 10.1. The van der Waals surface area contributed by atoms with E-state index in [1.807, 2.05) is 44.2 Å². The minimum atomic E-state index is -0.0405. The fourth-order valence-electron chi connectivity index (χ4n) is 2.10. The van der Waals surface area contributed by atoms with Crippen molar-refractivity contribution in [2.45, 2.75) is 39.2 Å². The maximum Gasteiger partial charge on any atom is 0.226 e. The van der Waals surface area contributed by atoms with E-state index >= 15 is 0 Å². The van der Waals surface area contributed by atoms with E-state index in [4.69, 9.17) is 9.15 Å². The van der Waals surface area contributed by atoms with E-state index in [2.05, 4.69) is 16.8 Å². The Kier molecular flexibility index (Phi) is 5.59. The second kappa shape index (κ2) is 7.66. The molecule has 0 aliphatic rings. The highest BCUT2D eigenvalue weighted by Gasteiger charge is 2.13. The summed E-state index contributed by atoms with van der Waals surface area (Å²) >= 11 is 0. The van der Waals surface area contributed by atoms with E-state index in [0.717, 1.165) is 36.3 Å². The lowest BCUT2D eigenvalue weighted by Gasteiger charge is -2.06. The quantitative estimate of drug-likeness (QED) is 0.778. The van der Waals surface area contributed by atoms with Gasteiger partial charge in [-0.05, 0) is 31.9 Å². The Labute approximate surface area is 126 Å². The van der Waals surface area contributed by atoms with Gasteiger partial charge in [0.1, 0.15) is 11.9 Å². The Morgan fingerprint density at radius 3 is 2.71 bits per heavy atom. The molecule has 2 rings (SSSR count). The molecule has 2 aromatic rings. The second-order valence-corrected chi connectivity index (χ2v) is 4.83. The van der Waals surface area contributed by atoms with E-state index in [1.165, 1.54) is 0 Å². The third-order valence-corrected chi connectivity index (χ3v) is 3.28. The first-order valence-electron chi connectivity index (χ1n) is 7.27. The minimum Gasteiger partial charge on any atom is -0.441 e. The number of aromatic nitrogens is 1. The number of methoxy groups -OCH3 is 1. The normalized spacial score (nSPS) is 11.8. The van der Waals surface area contributed by atoms with Crippen LogP contribution in [0.15, 0.2) is 34.7 Å². The zero-order chi connectivity index (χ0) is 15.1. The second-order valence-electron chi connectivity index (χ2n) is 4.83. The molecule has 1 heterocycles. The highest BCUT2D eigenvalue weighted by molar-refractivity contribution is 5.53. The van der Waals surface area contributed by atoms with Gasteiger partial charge in [-0.25, -0.2) is 4.98 Å². The molecule has 1 aromatic carbocycles. The molecule has 1 atom stereocenters. The first kappa shape index (κ1) is 15.3. The van der Waals surface area contributed by atoms with E-state index in [-0.39, 0.29) is 6.10 Å². The first-order chi connectivity index (χ1) is 10.2. The van der Waals surface area contributed by atoms with Crippen molar-refractivity contribution in [2.24, 2.45) is 0 Å². The number of hydrogen-bond donors (Lipinski definition) is 0. The largest absolute Gasteiger partial charge is 0.441 e. The van der Waals surface area contributed by atoms with Gasteiger partial charge < -0.3 is 9.15 Å². The molecule has 0 fully saturated rings. The molecule has 3 nitrogen and oxygen atoms in total. The summed E-state index contributed by atoms with van der Waals surface area (Å²) < 4.78 is 11.1. The highest BCUT2D eigenvalue weighted by atomic mass is 16.5. The monoisotopic (exact) mass is 283 g/mol. The molecule has 0 aliphatic carbocycles. The van der Waals surface area contributed by atoms with Crippen LogP contribution in [0.25, 0.3) is 11.5 Å². The Balaban J connectivity index is 2.06. The average molecular weight is 283 g/mol. The van der Waals surface area contributed by atoms with Crippen LogP contribution in [0.1, 0.15) is 31.2 Å². The molecule has 0 aliphatic heterocycles. The van der Waals surface area contributed by atoms with Gasteiger partial charge in [0.15, 0.2) is 0 Å². The van der Waals surface area contributed by atoms with E-state index in [1.54, 1.807) is 7.11 Å². The van der Waals surface area contributed by atoms with E-state index in [9.17, 15) is 0 Å². The summed E-state index contributed by atoms with van der Waals surface area (Å²) in [5.41, 5.74) is 1.98. The van der Waals surface area contributed by atoms with Crippen molar-refractivity contribution in [3.8, 4) is 23.3 Å². The van der Waals surface area contributed by atoms with Crippen LogP contribution in [-0.4, -0.2) is 18.2 Å². The molecule has 0 spiro atoms. The smallest absolute Gasteiger partial charge is 0.226 e. The summed E-state index contributed by atoms with van der Waals surface area (Å²) in [7, 11) is 1.69. The number of oxazole rings is 1. The molecule has 21 heavy (non-hydrogen) atoms. The van der Waals surface area contributed by atoms with Crippen molar-refractivity contribution in [1.29, 1.82) is 0 Å². The van der Waals surface area contributed by atoms with Crippen molar-refractivity contribution in [3.63, 3.8) is 0 Å². The molecule has 1 aromatic heterocycles. The zero-order valence-electron chi connectivity index (χ0n) is 12.8. The Morgan fingerprint density at radius 1 is 1.29 bits per heavy atom. The Hall–Kier alpha value is -2.05. The van der Waals surface area contributed by atoms with E-state index in [0.29, 0.717) is 5.89 Å². The van der Waals surface area contributed by atoms with Crippen LogP contribution in [0.2, 0.25) is 0 Å². The summed E-state index contributed by atoms with van der Waals surface area (Å²) in [4.78, 5) is 4.60. The van der Waals surface area contributed by atoms with Gasteiger partial charge in [-0.3, -0.25) is 0 Å². The van der Waals surface area contributed by atoms with Gasteiger partial charge in [0.2, 0.25) is 5.89 Å². The van der Waals surface area contributed by atoms with Gasteiger partial charge in [-0.1, -0.05) is 31.0 Å². The van der Waals surface area contributed by atoms with Gasteiger partial charge in [0.05, 0.1) is 5.69 Å². The van der Waals surface area contributed by atoms with Crippen LogP contribution in [0, 0.1) is 18.8 Å². The third-order valence-electron chi connectivity index (χ3n) is 3.28. The molecule has 3 heteroatoms. The van der Waals surface area contributed by atoms with Crippen molar-refractivity contribution in [1.82, 2.24) is 4.98 Å². The number of nitrogens with zero attached hydrogens (tertiary/aromatic N) is 1. The van der Waals surface area contributed by atoms with Crippen molar-refractivity contribution in [3.05, 3.63) is 41.8 Å². The molecule has 0 radical (unpaired) electrons. The summed E-state index contributed by atoms with van der Waals surface area (Å²) in [6, 6.07) is 9.95. The Morgan fingerprint density at radius 2 is 2.05 bits per heavy atom. The van der Waals surface area contributed by atoms with Crippen LogP contribution in [0.5, 0.6) is 0 Å². The fraction of sp³-hybridized carbons (Fsp3) is 0.389. The van der Waals surface area contributed by atoms with Gasteiger partial charge >= 0.3 is 0 Å². The van der Waals surface area contributed by atoms with Gasteiger partial charge in [0.25, 0.3) is 0 Å². The number of hydrogen-bond acceptors (Lipinski definition) is 3. The molecule has 1 unspecified atom stereocenters. The molecular weight excluding hydrogens is 262 g/mol. The van der Waals surface area contributed by atoms with Gasteiger partial charge in [0, 0.05) is 19.1 Å². The minimum absolute atomic E-state index is 0.0405. The topological polar surface area (TPSA) is 35.3 Å². The lowest BCUT2D eigenvalue weighted by Crippen LogP contribution is -2.09. The summed E-state index contributed by atoms with van der Waals surface area (Å²) in [6.07, 6.45) is 2.44. The molecule has 0 bridgehead atoms. The fourth-order valence-corrected chi connectivity index (χ4v) is 2.10.